The van der Waals surface area contributed by atoms with Crippen molar-refractivity contribution >= 4 is 40.7 Å². The second-order valence-corrected chi connectivity index (χ2v) is 9.75. The molecule has 1 saturated heterocycles. The van der Waals surface area contributed by atoms with E-state index in [4.69, 9.17) is 42.1 Å². The SMILES string of the molecule is CCCN1C(=O)C(=O)/C(=C(/O)c2cc(Cl)c(OC)c(Cl)c2OC)C1c1ccc(OC)c(OCc2ccccc2)c1. The first-order valence-corrected chi connectivity index (χ1v) is 13.3. The number of carbonyl (C=O) groups excluding carboxylic acids is 2. The van der Waals surface area contributed by atoms with Gasteiger partial charge in [0.15, 0.2) is 23.0 Å². The van der Waals surface area contributed by atoms with E-state index in [2.05, 4.69) is 0 Å². The number of nitrogens with zero attached hydrogens (tertiary/aromatic N) is 1. The normalized spacial score (nSPS) is 16.2. The minimum atomic E-state index is -0.922. The number of aliphatic hydroxyl groups excluding tert-OH is 1. The lowest BCUT2D eigenvalue weighted by Crippen LogP contribution is -2.30. The fourth-order valence-corrected chi connectivity index (χ4v) is 5.39. The predicted octanol–water partition coefficient (Wildman–Crippen LogP) is 6.43. The van der Waals surface area contributed by atoms with Gasteiger partial charge in [0.05, 0.1) is 43.5 Å². The molecule has 1 fully saturated rings. The summed E-state index contributed by atoms with van der Waals surface area (Å²) >= 11 is 12.8. The highest BCUT2D eigenvalue weighted by atomic mass is 35.5. The van der Waals surface area contributed by atoms with Crippen molar-refractivity contribution in [3.63, 3.8) is 0 Å². The number of ether oxygens (including phenoxy) is 4. The number of hydrogen-bond donors (Lipinski definition) is 1. The number of halogens is 2. The van der Waals surface area contributed by atoms with E-state index in [9.17, 15) is 14.7 Å². The number of carbonyl (C=O) groups is 2. The van der Waals surface area contributed by atoms with Crippen LogP contribution < -0.4 is 18.9 Å². The van der Waals surface area contributed by atoms with Crippen LogP contribution in [0.4, 0.5) is 0 Å². The van der Waals surface area contributed by atoms with Crippen LogP contribution in [-0.2, 0) is 16.2 Å². The molecule has 1 amide bonds. The molecule has 3 aromatic carbocycles. The first-order valence-electron chi connectivity index (χ1n) is 12.5. The summed E-state index contributed by atoms with van der Waals surface area (Å²) in [5.41, 5.74) is 1.41. The van der Waals surface area contributed by atoms with Crippen molar-refractivity contribution in [2.45, 2.75) is 26.0 Å². The molecule has 0 spiro atoms. The topological polar surface area (TPSA) is 94.5 Å². The van der Waals surface area contributed by atoms with E-state index < -0.39 is 23.5 Å². The molecule has 0 aromatic heterocycles. The van der Waals surface area contributed by atoms with Gasteiger partial charge in [0, 0.05) is 6.54 Å². The average Bonchev–Trinajstić information content (AvgIpc) is 3.21. The molecule has 1 N–H and O–H groups in total. The minimum absolute atomic E-state index is 0.0134. The van der Waals surface area contributed by atoms with Gasteiger partial charge in [0.1, 0.15) is 17.4 Å². The average molecular weight is 586 g/mol. The number of benzene rings is 3. The zero-order chi connectivity index (χ0) is 29.0. The Morgan fingerprint density at radius 3 is 2.25 bits per heavy atom. The quantitative estimate of drug-likeness (QED) is 0.166. The van der Waals surface area contributed by atoms with Crippen molar-refractivity contribution < 1.29 is 33.6 Å². The summed E-state index contributed by atoms with van der Waals surface area (Å²) in [5.74, 6) is -0.976. The van der Waals surface area contributed by atoms with Crippen LogP contribution in [0.15, 0.2) is 60.2 Å². The Bertz CT molecular complexity index is 1460. The maximum absolute atomic E-state index is 13.4. The van der Waals surface area contributed by atoms with Gasteiger partial charge in [-0.2, -0.15) is 0 Å². The molecule has 40 heavy (non-hydrogen) atoms. The second kappa shape index (κ2) is 12.5. The monoisotopic (exact) mass is 585 g/mol. The summed E-state index contributed by atoms with van der Waals surface area (Å²) in [6, 6.07) is 15.2. The zero-order valence-corrected chi connectivity index (χ0v) is 24.0. The maximum atomic E-state index is 13.4. The van der Waals surface area contributed by atoms with Crippen molar-refractivity contribution in [2.24, 2.45) is 0 Å². The Labute approximate surface area is 242 Å². The van der Waals surface area contributed by atoms with Crippen LogP contribution in [-0.4, -0.2) is 49.6 Å². The van der Waals surface area contributed by atoms with Crippen LogP contribution in [0.5, 0.6) is 23.0 Å². The third kappa shape index (κ3) is 5.42. The molecule has 1 aliphatic rings. The van der Waals surface area contributed by atoms with Crippen molar-refractivity contribution in [3.05, 3.63) is 86.9 Å². The third-order valence-corrected chi connectivity index (χ3v) is 7.16. The summed E-state index contributed by atoms with van der Waals surface area (Å²) in [7, 11) is 4.28. The summed E-state index contributed by atoms with van der Waals surface area (Å²) < 4.78 is 22.3. The molecule has 210 valence electrons. The molecule has 0 saturated carbocycles. The molecule has 3 aromatic rings. The smallest absolute Gasteiger partial charge is 0.295 e. The Hall–Kier alpha value is -3.88. The lowest BCUT2D eigenvalue weighted by atomic mass is 9.94. The largest absolute Gasteiger partial charge is 0.507 e. The Morgan fingerprint density at radius 1 is 0.925 bits per heavy atom. The summed E-state index contributed by atoms with van der Waals surface area (Å²) in [4.78, 5) is 28.0. The van der Waals surface area contributed by atoms with E-state index in [1.807, 2.05) is 37.3 Å². The van der Waals surface area contributed by atoms with Gasteiger partial charge in [-0.25, -0.2) is 0 Å². The third-order valence-electron chi connectivity index (χ3n) is 6.54. The maximum Gasteiger partial charge on any atom is 0.295 e. The number of ketones is 1. The highest BCUT2D eigenvalue weighted by molar-refractivity contribution is 6.47. The summed E-state index contributed by atoms with van der Waals surface area (Å²) in [6.45, 7) is 2.44. The van der Waals surface area contributed by atoms with Crippen LogP contribution in [0.25, 0.3) is 5.76 Å². The lowest BCUT2D eigenvalue weighted by Gasteiger charge is -2.26. The minimum Gasteiger partial charge on any atom is -0.507 e. The molecular weight excluding hydrogens is 557 g/mol. The van der Waals surface area contributed by atoms with E-state index >= 15 is 0 Å². The first kappa shape index (κ1) is 29.1. The highest BCUT2D eigenvalue weighted by Crippen LogP contribution is 2.48. The first-order chi connectivity index (χ1) is 19.3. The van der Waals surface area contributed by atoms with E-state index in [1.54, 1.807) is 18.2 Å². The Morgan fingerprint density at radius 2 is 1.62 bits per heavy atom. The molecule has 4 rings (SSSR count). The van der Waals surface area contributed by atoms with Crippen LogP contribution in [0.2, 0.25) is 10.0 Å². The number of hydrogen-bond acceptors (Lipinski definition) is 7. The number of methoxy groups -OCH3 is 3. The molecule has 1 atom stereocenters. The molecule has 0 bridgehead atoms. The van der Waals surface area contributed by atoms with Crippen LogP contribution in [0, 0.1) is 0 Å². The van der Waals surface area contributed by atoms with Gasteiger partial charge in [-0.3, -0.25) is 9.59 Å². The van der Waals surface area contributed by atoms with E-state index in [-0.39, 0.29) is 45.8 Å². The summed E-state index contributed by atoms with van der Waals surface area (Å²) in [6.07, 6.45) is 0.584. The standard InChI is InChI=1S/C30H29Cl2NO7/c1-5-13-33-25(18-11-12-21(37-2)22(14-18)40-16-17-9-7-6-8-10-17)23(27(35)30(33)36)26(34)19-15-20(31)29(39-4)24(32)28(19)38-3/h6-12,14-15,25,34H,5,13,16H2,1-4H3/b26-23+. The number of likely N-dealkylation sites (tertiary alicyclic amines) is 1. The van der Waals surface area contributed by atoms with E-state index in [1.165, 1.54) is 32.3 Å². The van der Waals surface area contributed by atoms with Crippen molar-refractivity contribution in [2.75, 3.05) is 27.9 Å². The van der Waals surface area contributed by atoms with Crippen molar-refractivity contribution in [1.82, 2.24) is 4.90 Å². The van der Waals surface area contributed by atoms with Gasteiger partial charge in [0.2, 0.25) is 0 Å². The lowest BCUT2D eigenvalue weighted by molar-refractivity contribution is -0.139. The molecule has 1 aliphatic heterocycles. The molecule has 0 radical (unpaired) electrons. The number of Topliss-reactive ketones (excluding diaryl/α,β-unsaturated/α-hetero) is 1. The van der Waals surface area contributed by atoms with Gasteiger partial charge >= 0.3 is 0 Å². The molecule has 8 nitrogen and oxygen atoms in total. The van der Waals surface area contributed by atoms with Gasteiger partial charge in [-0.1, -0.05) is 66.5 Å². The molecule has 1 heterocycles. The van der Waals surface area contributed by atoms with Crippen molar-refractivity contribution in [1.29, 1.82) is 0 Å². The number of amides is 1. The molecule has 1 unspecified atom stereocenters. The fourth-order valence-electron chi connectivity index (χ4n) is 4.70. The van der Waals surface area contributed by atoms with Crippen LogP contribution >= 0.6 is 23.2 Å². The van der Waals surface area contributed by atoms with Crippen LogP contribution in [0.1, 0.15) is 36.1 Å². The highest BCUT2D eigenvalue weighted by Gasteiger charge is 2.46. The molecule has 10 heteroatoms. The van der Waals surface area contributed by atoms with Gasteiger partial charge in [0.25, 0.3) is 11.7 Å². The molecule has 0 aliphatic carbocycles. The van der Waals surface area contributed by atoms with E-state index in [0.29, 0.717) is 23.5 Å². The number of aliphatic hydroxyl groups is 1. The predicted molar refractivity (Wildman–Crippen MR) is 153 cm³/mol. The Kier molecular flexibility index (Phi) is 9.12. The fraction of sp³-hybridized carbons (Fsp3) is 0.267. The van der Waals surface area contributed by atoms with Crippen molar-refractivity contribution in [3.8, 4) is 23.0 Å². The Balaban J connectivity index is 1.88. The zero-order valence-electron chi connectivity index (χ0n) is 22.5. The van der Waals surface area contributed by atoms with Gasteiger partial charge in [-0.15, -0.1) is 0 Å². The van der Waals surface area contributed by atoms with E-state index in [0.717, 1.165) is 5.56 Å². The van der Waals surface area contributed by atoms with Crippen LogP contribution in [0.3, 0.4) is 0 Å². The second-order valence-electron chi connectivity index (χ2n) is 8.96. The number of rotatable bonds is 10. The van der Waals surface area contributed by atoms with Gasteiger partial charge < -0.3 is 29.0 Å². The van der Waals surface area contributed by atoms with Gasteiger partial charge in [-0.05, 0) is 35.7 Å². The molecular formula is C30H29Cl2NO7. The summed E-state index contributed by atoms with van der Waals surface area (Å²) in [5, 5.41) is 11.7.